The molecule has 1 fully saturated rings. The molecule has 1 unspecified atom stereocenters. The number of rotatable bonds is 6. The summed E-state index contributed by atoms with van der Waals surface area (Å²) >= 11 is 0. The summed E-state index contributed by atoms with van der Waals surface area (Å²) < 4.78 is 0. The lowest BCUT2D eigenvalue weighted by Gasteiger charge is -2.26. The lowest BCUT2D eigenvalue weighted by atomic mass is 9.78. The first-order valence-corrected chi connectivity index (χ1v) is 11.2. The molecule has 1 aliphatic carbocycles. The number of hydrogen-bond donors (Lipinski definition) is 1. The van der Waals surface area contributed by atoms with E-state index in [-0.39, 0.29) is 17.5 Å². The molecule has 0 bridgehead atoms. The summed E-state index contributed by atoms with van der Waals surface area (Å²) in [5, 5.41) is 13.4. The summed E-state index contributed by atoms with van der Waals surface area (Å²) in [7, 11) is 0. The summed E-state index contributed by atoms with van der Waals surface area (Å²) in [4.78, 5) is 18.0. The number of aliphatic imine (C=N–C) groups is 1. The Morgan fingerprint density at radius 1 is 0.968 bits per heavy atom. The van der Waals surface area contributed by atoms with Crippen molar-refractivity contribution in [1.29, 1.82) is 0 Å². The molecule has 0 heterocycles. The van der Waals surface area contributed by atoms with E-state index in [9.17, 15) is 9.90 Å². The molecule has 0 aromatic heterocycles. The van der Waals surface area contributed by atoms with Crippen molar-refractivity contribution in [1.82, 2.24) is 0 Å². The predicted octanol–water partition coefficient (Wildman–Crippen LogP) is 6.58. The normalized spacial score (nSPS) is 19.7. The van der Waals surface area contributed by atoms with E-state index in [2.05, 4.69) is 37.3 Å². The lowest BCUT2D eigenvalue weighted by Crippen LogP contribution is -2.27. The Balaban J connectivity index is 1.69. The molecular formula is C28H29NO2. The fourth-order valence-electron chi connectivity index (χ4n) is 4.41. The van der Waals surface area contributed by atoms with Crippen LogP contribution in [0.25, 0.3) is 10.8 Å². The molecule has 0 spiro atoms. The predicted molar refractivity (Wildman–Crippen MR) is 128 cm³/mol. The van der Waals surface area contributed by atoms with Crippen LogP contribution in [0.3, 0.4) is 0 Å². The van der Waals surface area contributed by atoms with Crippen LogP contribution >= 0.6 is 0 Å². The van der Waals surface area contributed by atoms with Gasteiger partial charge in [-0.15, -0.1) is 0 Å². The zero-order valence-electron chi connectivity index (χ0n) is 18.1. The fraction of sp³-hybridized carbons (Fsp3) is 0.286. The van der Waals surface area contributed by atoms with Gasteiger partial charge in [-0.05, 0) is 40.7 Å². The number of carbonyl (C=O) groups is 1. The molecule has 1 aliphatic rings. The summed E-state index contributed by atoms with van der Waals surface area (Å²) in [6.07, 6.45) is 3.46. The minimum absolute atomic E-state index is 0.00640. The van der Waals surface area contributed by atoms with Gasteiger partial charge in [0.05, 0.1) is 5.57 Å². The van der Waals surface area contributed by atoms with Gasteiger partial charge in [-0.1, -0.05) is 86.1 Å². The molecular weight excluding hydrogens is 382 g/mol. The Kier molecular flexibility index (Phi) is 6.61. The van der Waals surface area contributed by atoms with E-state index in [1.54, 1.807) is 0 Å². The number of carbonyl (C=O) groups excluding carboxylic acids is 1. The summed E-state index contributed by atoms with van der Waals surface area (Å²) in [6.45, 7) is 2.82. The van der Waals surface area contributed by atoms with Gasteiger partial charge in [0.25, 0.3) is 0 Å². The smallest absolute Gasteiger partial charge is 0.168 e. The average molecular weight is 412 g/mol. The molecule has 31 heavy (non-hydrogen) atoms. The Labute approximate surface area is 184 Å². The maximum Gasteiger partial charge on any atom is 0.168 e. The maximum absolute atomic E-state index is 13.2. The largest absolute Gasteiger partial charge is 0.511 e. The van der Waals surface area contributed by atoms with Crippen LogP contribution in [0.15, 0.2) is 89.1 Å². The van der Waals surface area contributed by atoms with Gasteiger partial charge in [0.15, 0.2) is 5.78 Å². The zero-order valence-corrected chi connectivity index (χ0v) is 18.1. The Morgan fingerprint density at radius 3 is 2.52 bits per heavy atom. The Bertz CT molecular complexity index is 1120. The van der Waals surface area contributed by atoms with Crippen LogP contribution in [0.1, 0.15) is 49.7 Å². The molecule has 3 heteroatoms. The van der Waals surface area contributed by atoms with E-state index in [1.165, 1.54) is 0 Å². The van der Waals surface area contributed by atoms with Crippen molar-refractivity contribution in [2.75, 3.05) is 6.54 Å². The van der Waals surface area contributed by atoms with Crippen LogP contribution < -0.4 is 0 Å². The standard InChI is InChI=1S/C28H29NO2/c1-2-3-16-29-25-17-23(20-10-5-4-6-11-20)19-27(31)28(25)26(30)18-22-14-9-13-21-12-7-8-15-24(21)22/h4-15,23,30H,2-3,16-19H2,1H3. The monoisotopic (exact) mass is 411 g/mol. The van der Waals surface area contributed by atoms with Crippen LogP contribution in [-0.2, 0) is 11.2 Å². The fourth-order valence-corrected chi connectivity index (χ4v) is 4.41. The number of unbranched alkanes of at least 4 members (excludes halogenated alkanes) is 1. The second-order valence-electron chi connectivity index (χ2n) is 8.26. The van der Waals surface area contributed by atoms with Gasteiger partial charge in [-0.25, -0.2) is 0 Å². The van der Waals surface area contributed by atoms with Gasteiger partial charge in [-0.2, -0.15) is 0 Å². The molecule has 1 saturated carbocycles. The summed E-state index contributed by atoms with van der Waals surface area (Å²) in [5.74, 6) is 0.249. The van der Waals surface area contributed by atoms with E-state index in [1.807, 2.05) is 42.5 Å². The highest BCUT2D eigenvalue weighted by molar-refractivity contribution is 6.24. The number of aliphatic hydroxyl groups excluding tert-OH is 1. The van der Waals surface area contributed by atoms with Gasteiger partial charge in [0.1, 0.15) is 5.76 Å². The highest BCUT2D eigenvalue weighted by Crippen LogP contribution is 2.34. The molecule has 0 radical (unpaired) electrons. The van der Waals surface area contributed by atoms with Crippen LogP contribution in [0, 0.1) is 0 Å². The van der Waals surface area contributed by atoms with Crippen molar-refractivity contribution in [2.24, 2.45) is 4.99 Å². The number of nitrogens with zero attached hydrogens (tertiary/aromatic N) is 1. The topological polar surface area (TPSA) is 49.7 Å². The van der Waals surface area contributed by atoms with Crippen LogP contribution in [-0.4, -0.2) is 23.1 Å². The second kappa shape index (κ2) is 9.74. The zero-order chi connectivity index (χ0) is 21.6. The third kappa shape index (κ3) is 4.77. The third-order valence-corrected chi connectivity index (χ3v) is 6.05. The minimum atomic E-state index is -0.00640. The Hall–Kier alpha value is -3.20. The quantitative estimate of drug-likeness (QED) is 0.283. The molecule has 0 amide bonds. The van der Waals surface area contributed by atoms with E-state index < -0.39 is 0 Å². The number of ketones is 1. The van der Waals surface area contributed by atoms with Crippen molar-refractivity contribution in [3.63, 3.8) is 0 Å². The molecule has 1 N–H and O–H groups in total. The van der Waals surface area contributed by atoms with Crippen molar-refractivity contribution in [2.45, 2.75) is 44.9 Å². The van der Waals surface area contributed by atoms with E-state index in [0.717, 1.165) is 40.5 Å². The van der Waals surface area contributed by atoms with Crippen molar-refractivity contribution >= 4 is 22.3 Å². The molecule has 0 aliphatic heterocycles. The summed E-state index contributed by atoms with van der Waals surface area (Å²) in [6, 6.07) is 24.4. The van der Waals surface area contributed by atoms with E-state index in [4.69, 9.17) is 4.99 Å². The lowest BCUT2D eigenvalue weighted by molar-refractivity contribution is -0.115. The van der Waals surface area contributed by atoms with Gasteiger partial charge >= 0.3 is 0 Å². The molecule has 3 aromatic rings. The number of fused-ring (bicyclic) bond motifs is 1. The van der Waals surface area contributed by atoms with Gasteiger partial charge in [-0.3, -0.25) is 9.79 Å². The summed E-state index contributed by atoms with van der Waals surface area (Å²) in [5.41, 5.74) is 3.38. The molecule has 0 saturated heterocycles. The number of allylic oxidation sites excluding steroid dienone is 2. The first kappa shape index (κ1) is 21.0. The first-order valence-electron chi connectivity index (χ1n) is 11.2. The maximum atomic E-state index is 13.2. The Morgan fingerprint density at radius 2 is 1.71 bits per heavy atom. The van der Waals surface area contributed by atoms with Crippen LogP contribution in [0.2, 0.25) is 0 Å². The van der Waals surface area contributed by atoms with Crippen molar-refractivity contribution in [3.05, 3.63) is 95.3 Å². The number of aliphatic hydroxyl groups is 1. The highest BCUT2D eigenvalue weighted by atomic mass is 16.3. The number of hydrogen-bond acceptors (Lipinski definition) is 3. The number of benzene rings is 3. The first-order chi connectivity index (χ1) is 15.2. The highest BCUT2D eigenvalue weighted by Gasteiger charge is 2.32. The molecule has 1 atom stereocenters. The van der Waals surface area contributed by atoms with Gasteiger partial charge in [0.2, 0.25) is 0 Å². The van der Waals surface area contributed by atoms with Crippen molar-refractivity contribution < 1.29 is 9.90 Å². The molecule has 3 nitrogen and oxygen atoms in total. The van der Waals surface area contributed by atoms with E-state index >= 15 is 0 Å². The molecule has 4 rings (SSSR count). The van der Waals surface area contributed by atoms with E-state index in [0.29, 0.717) is 31.4 Å². The van der Waals surface area contributed by atoms with Gasteiger partial charge < -0.3 is 5.11 Å². The third-order valence-electron chi connectivity index (χ3n) is 6.05. The minimum Gasteiger partial charge on any atom is -0.511 e. The molecule has 3 aromatic carbocycles. The van der Waals surface area contributed by atoms with Gasteiger partial charge in [0, 0.05) is 25.1 Å². The van der Waals surface area contributed by atoms with Crippen LogP contribution in [0.5, 0.6) is 0 Å². The number of Topliss-reactive ketones (excluding diaryl/α,β-unsaturated/α-hetero) is 1. The SMILES string of the molecule is CCCCN=C1CC(c2ccccc2)CC(=O)C1=C(O)Cc1cccc2ccccc12. The van der Waals surface area contributed by atoms with Crippen LogP contribution in [0.4, 0.5) is 0 Å². The molecule has 158 valence electrons. The average Bonchev–Trinajstić information content (AvgIpc) is 2.80. The second-order valence-corrected chi connectivity index (χ2v) is 8.26. The van der Waals surface area contributed by atoms with Crippen molar-refractivity contribution in [3.8, 4) is 0 Å².